The highest BCUT2D eigenvalue weighted by atomic mass is 15.2. The predicted molar refractivity (Wildman–Crippen MR) is 99.9 cm³/mol. The van der Waals surface area contributed by atoms with Crippen molar-refractivity contribution in [1.82, 2.24) is 16.0 Å². The lowest BCUT2D eigenvalue weighted by Crippen LogP contribution is -2.57. The molecule has 3 heteroatoms. The Kier molecular flexibility index (Phi) is 6.43. The van der Waals surface area contributed by atoms with E-state index in [4.69, 9.17) is 0 Å². The standard InChI is InChI=1S/C20H30N3/c1-5-8-16-9-6-10-17(15-16)12-13-18-19(21-2)11-7-14-20(18,22-3)23-4/h5-6,9-10,12-13,15,21-23H,7-8,11,14H2,1-4H3/b13-12+. The van der Waals surface area contributed by atoms with E-state index in [2.05, 4.69) is 65.7 Å². The third-order valence-corrected chi connectivity index (χ3v) is 4.75. The molecule has 0 fully saturated rings. The molecule has 0 atom stereocenters. The molecule has 2 rings (SSSR count). The lowest BCUT2D eigenvalue weighted by Gasteiger charge is -2.39. The van der Waals surface area contributed by atoms with Gasteiger partial charge in [-0.1, -0.05) is 43.3 Å². The molecule has 0 unspecified atom stereocenters. The van der Waals surface area contributed by atoms with Crippen molar-refractivity contribution < 1.29 is 0 Å². The number of nitrogens with one attached hydrogen (secondary N) is 3. The Labute approximate surface area is 141 Å². The van der Waals surface area contributed by atoms with E-state index in [1.54, 1.807) is 0 Å². The van der Waals surface area contributed by atoms with Gasteiger partial charge in [0.2, 0.25) is 0 Å². The zero-order valence-electron chi connectivity index (χ0n) is 14.9. The average Bonchev–Trinajstić information content (AvgIpc) is 2.60. The Bertz CT molecular complexity index is 568. The second-order valence-corrected chi connectivity index (χ2v) is 6.09. The molecule has 23 heavy (non-hydrogen) atoms. The summed E-state index contributed by atoms with van der Waals surface area (Å²) in [6.45, 7) is 2.10. The van der Waals surface area contributed by atoms with E-state index >= 15 is 0 Å². The van der Waals surface area contributed by atoms with Gasteiger partial charge in [-0.3, -0.25) is 10.6 Å². The number of allylic oxidation sites excluding steroid dienone is 1. The molecule has 0 saturated carbocycles. The Balaban J connectivity index is 2.33. The van der Waals surface area contributed by atoms with Gasteiger partial charge in [-0.25, -0.2) is 0 Å². The summed E-state index contributed by atoms with van der Waals surface area (Å²) >= 11 is 0. The molecule has 0 saturated heterocycles. The number of hydrogen-bond acceptors (Lipinski definition) is 3. The zero-order valence-corrected chi connectivity index (χ0v) is 14.9. The molecule has 0 amide bonds. The van der Waals surface area contributed by atoms with Gasteiger partial charge in [0.25, 0.3) is 0 Å². The van der Waals surface area contributed by atoms with Gasteiger partial charge < -0.3 is 5.32 Å². The molecule has 3 N–H and O–H groups in total. The number of likely N-dealkylation sites (N-methyl/N-ethyl adjacent to an activating group) is 2. The first-order valence-electron chi connectivity index (χ1n) is 8.53. The monoisotopic (exact) mass is 312 g/mol. The normalized spacial score (nSPS) is 17.7. The Morgan fingerprint density at radius 1 is 1.13 bits per heavy atom. The van der Waals surface area contributed by atoms with Gasteiger partial charge in [-0.05, 0) is 57.3 Å². The molecule has 0 bridgehead atoms. The quantitative estimate of drug-likeness (QED) is 0.676. The largest absolute Gasteiger partial charge is 0.391 e. The van der Waals surface area contributed by atoms with Crippen LogP contribution < -0.4 is 16.0 Å². The minimum atomic E-state index is -0.151. The van der Waals surface area contributed by atoms with E-state index in [1.165, 1.54) is 28.8 Å². The summed E-state index contributed by atoms with van der Waals surface area (Å²) < 4.78 is 0. The molecule has 1 aromatic rings. The molecule has 125 valence electrons. The summed E-state index contributed by atoms with van der Waals surface area (Å²) in [6, 6.07) is 8.75. The highest BCUT2D eigenvalue weighted by Crippen LogP contribution is 2.31. The highest BCUT2D eigenvalue weighted by Gasteiger charge is 2.34. The second-order valence-electron chi connectivity index (χ2n) is 6.09. The van der Waals surface area contributed by atoms with Crippen LogP contribution in [0.25, 0.3) is 6.08 Å². The van der Waals surface area contributed by atoms with Crippen LogP contribution in [0.2, 0.25) is 0 Å². The molecule has 0 aromatic heterocycles. The van der Waals surface area contributed by atoms with Crippen molar-refractivity contribution in [2.75, 3.05) is 21.1 Å². The first-order chi connectivity index (χ1) is 11.2. The predicted octanol–water partition coefficient (Wildman–Crippen LogP) is 3.26. The van der Waals surface area contributed by atoms with Crippen LogP contribution in [0.3, 0.4) is 0 Å². The van der Waals surface area contributed by atoms with Crippen LogP contribution in [0, 0.1) is 6.42 Å². The summed E-state index contributed by atoms with van der Waals surface area (Å²) in [5, 5.41) is 10.4. The molecule has 0 spiro atoms. The third kappa shape index (κ3) is 4.04. The van der Waals surface area contributed by atoms with Gasteiger partial charge in [0.15, 0.2) is 0 Å². The van der Waals surface area contributed by atoms with Crippen molar-refractivity contribution in [2.24, 2.45) is 0 Å². The summed E-state index contributed by atoms with van der Waals surface area (Å²) in [7, 11) is 6.07. The lowest BCUT2D eigenvalue weighted by atomic mass is 9.84. The summed E-state index contributed by atoms with van der Waals surface area (Å²) in [5.74, 6) is 0. The van der Waals surface area contributed by atoms with E-state index < -0.39 is 0 Å². The maximum Gasteiger partial charge on any atom is 0.0961 e. The first-order valence-corrected chi connectivity index (χ1v) is 8.53. The van der Waals surface area contributed by atoms with E-state index in [0.29, 0.717) is 0 Å². The fraction of sp³-hybridized carbons (Fsp3) is 0.450. The number of hydrogen-bond donors (Lipinski definition) is 3. The number of rotatable bonds is 7. The van der Waals surface area contributed by atoms with E-state index in [-0.39, 0.29) is 5.66 Å². The average molecular weight is 312 g/mol. The fourth-order valence-corrected chi connectivity index (χ4v) is 3.44. The SMILES string of the molecule is C[CH]Cc1cccc(/C=C/C2=C(NC)CCCC2(NC)NC)c1. The van der Waals surface area contributed by atoms with Crippen molar-refractivity contribution in [1.29, 1.82) is 0 Å². The van der Waals surface area contributed by atoms with Crippen LogP contribution in [-0.4, -0.2) is 26.8 Å². The van der Waals surface area contributed by atoms with E-state index in [1.807, 2.05) is 21.1 Å². The van der Waals surface area contributed by atoms with Gasteiger partial charge in [0.05, 0.1) is 5.66 Å². The van der Waals surface area contributed by atoms with Crippen molar-refractivity contribution in [3.8, 4) is 0 Å². The van der Waals surface area contributed by atoms with Gasteiger partial charge in [-0.2, -0.15) is 0 Å². The van der Waals surface area contributed by atoms with Crippen molar-refractivity contribution in [3.05, 3.63) is 59.2 Å². The topological polar surface area (TPSA) is 36.1 Å². The minimum Gasteiger partial charge on any atom is -0.391 e. The number of benzene rings is 1. The molecular weight excluding hydrogens is 282 g/mol. The maximum absolute atomic E-state index is 3.48. The highest BCUT2D eigenvalue weighted by molar-refractivity contribution is 5.56. The summed E-state index contributed by atoms with van der Waals surface area (Å²) in [6.07, 6.45) is 11.1. The Hall–Kier alpha value is -1.58. The first kappa shape index (κ1) is 17.8. The van der Waals surface area contributed by atoms with Crippen LogP contribution in [-0.2, 0) is 6.42 Å². The Morgan fingerprint density at radius 2 is 1.91 bits per heavy atom. The second kappa shape index (κ2) is 8.32. The van der Waals surface area contributed by atoms with Crippen molar-refractivity contribution in [2.45, 2.75) is 38.3 Å². The molecular formula is C20H30N3. The summed E-state index contributed by atoms with van der Waals surface area (Å²) in [5.41, 5.74) is 5.08. The molecule has 3 nitrogen and oxygen atoms in total. The molecule has 1 aliphatic carbocycles. The van der Waals surface area contributed by atoms with Gasteiger partial charge >= 0.3 is 0 Å². The van der Waals surface area contributed by atoms with Gasteiger partial charge in [-0.15, -0.1) is 0 Å². The molecule has 1 aromatic carbocycles. The van der Waals surface area contributed by atoms with Crippen LogP contribution in [0.15, 0.2) is 41.6 Å². The maximum atomic E-state index is 3.48. The third-order valence-electron chi connectivity index (χ3n) is 4.75. The van der Waals surface area contributed by atoms with Crippen LogP contribution >= 0.6 is 0 Å². The van der Waals surface area contributed by atoms with Crippen LogP contribution in [0.5, 0.6) is 0 Å². The zero-order chi connectivity index (χ0) is 16.7. The lowest BCUT2D eigenvalue weighted by molar-refractivity contribution is 0.306. The van der Waals surface area contributed by atoms with Crippen LogP contribution in [0.1, 0.15) is 37.3 Å². The van der Waals surface area contributed by atoms with E-state index in [0.717, 1.165) is 19.3 Å². The Morgan fingerprint density at radius 3 is 2.57 bits per heavy atom. The molecule has 0 aliphatic heterocycles. The molecule has 1 radical (unpaired) electrons. The fourth-order valence-electron chi connectivity index (χ4n) is 3.44. The van der Waals surface area contributed by atoms with Crippen LogP contribution in [0.4, 0.5) is 0 Å². The smallest absolute Gasteiger partial charge is 0.0961 e. The molecule has 1 aliphatic rings. The van der Waals surface area contributed by atoms with Gasteiger partial charge in [0.1, 0.15) is 0 Å². The minimum absolute atomic E-state index is 0.151. The van der Waals surface area contributed by atoms with Crippen molar-refractivity contribution in [3.63, 3.8) is 0 Å². The van der Waals surface area contributed by atoms with Gasteiger partial charge in [0, 0.05) is 18.3 Å². The summed E-state index contributed by atoms with van der Waals surface area (Å²) in [4.78, 5) is 0. The molecule has 0 heterocycles. The van der Waals surface area contributed by atoms with E-state index in [9.17, 15) is 0 Å². The van der Waals surface area contributed by atoms with Crippen molar-refractivity contribution >= 4 is 6.08 Å².